The number of primary amides is 1. The van der Waals surface area contributed by atoms with Crippen LogP contribution >= 0.6 is 0 Å². The van der Waals surface area contributed by atoms with Crippen LogP contribution in [0.15, 0.2) is 24.3 Å². The van der Waals surface area contributed by atoms with E-state index < -0.39 is 12.2 Å². The van der Waals surface area contributed by atoms with E-state index in [0.29, 0.717) is 43.2 Å². The minimum atomic E-state index is -0.501. The monoisotopic (exact) mass is 578 g/mol. The first-order valence-electron chi connectivity index (χ1n) is 14.7. The van der Waals surface area contributed by atoms with Crippen molar-refractivity contribution >= 4 is 29.2 Å². The average molecular weight is 579 g/mol. The number of anilines is 2. The number of rotatable bonds is 14. The summed E-state index contributed by atoms with van der Waals surface area (Å²) in [6.07, 6.45) is 3.72. The summed E-state index contributed by atoms with van der Waals surface area (Å²) in [4.78, 5) is 39.7. The fourth-order valence-electron chi connectivity index (χ4n) is 5.44. The molecule has 12 heteroatoms. The van der Waals surface area contributed by atoms with Crippen molar-refractivity contribution in [2.75, 3.05) is 23.4 Å². The Kier molecular flexibility index (Phi) is 9.87. The van der Waals surface area contributed by atoms with Crippen LogP contribution in [0.5, 0.6) is 0 Å². The quantitative estimate of drug-likeness (QED) is 0.193. The van der Waals surface area contributed by atoms with Crippen molar-refractivity contribution in [3.63, 3.8) is 0 Å². The van der Waals surface area contributed by atoms with Crippen LogP contribution in [0.3, 0.4) is 0 Å². The Balaban J connectivity index is 1.37. The maximum atomic E-state index is 13.4. The number of aryl methyl sites for hydroxylation is 4. The van der Waals surface area contributed by atoms with E-state index in [0.717, 1.165) is 60.4 Å². The smallest absolute Gasteiger partial charge is 0.356 e. The normalized spacial score (nSPS) is 14.0. The van der Waals surface area contributed by atoms with E-state index in [1.54, 1.807) is 34.5 Å². The molecule has 3 heterocycles. The van der Waals surface area contributed by atoms with Crippen molar-refractivity contribution in [2.45, 2.75) is 86.1 Å². The fourth-order valence-corrected chi connectivity index (χ4v) is 5.44. The van der Waals surface area contributed by atoms with Crippen LogP contribution in [-0.2, 0) is 24.2 Å². The summed E-state index contributed by atoms with van der Waals surface area (Å²) in [6, 6.07) is 7.05. The zero-order valence-electron chi connectivity index (χ0n) is 25.2. The minimum Gasteiger partial charge on any atom is -0.461 e. The van der Waals surface area contributed by atoms with Crippen LogP contribution in [0.25, 0.3) is 0 Å². The number of hydrogen-bond donors (Lipinski definition) is 3. The molecule has 1 unspecified atom stereocenters. The second-order valence-electron chi connectivity index (χ2n) is 10.5. The van der Waals surface area contributed by atoms with Crippen LogP contribution in [-0.4, -0.2) is 56.8 Å². The van der Waals surface area contributed by atoms with Gasteiger partial charge < -0.3 is 26.0 Å². The van der Waals surface area contributed by atoms with E-state index in [-0.39, 0.29) is 11.9 Å². The second-order valence-corrected chi connectivity index (χ2v) is 10.5. The van der Waals surface area contributed by atoms with Crippen LogP contribution in [0.2, 0.25) is 0 Å². The van der Waals surface area contributed by atoms with Crippen molar-refractivity contribution in [3.8, 4) is 0 Å². The van der Waals surface area contributed by atoms with Crippen LogP contribution in [0, 0.1) is 13.8 Å². The molecule has 0 fully saturated rings. The highest BCUT2D eigenvalue weighted by atomic mass is 16.5. The summed E-state index contributed by atoms with van der Waals surface area (Å²) in [6.45, 7) is 11.9. The number of nitrogens with two attached hydrogens (primary N) is 1. The molecule has 2 amide bonds. The molecule has 1 aliphatic heterocycles. The number of esters is 1. The lowest BCUT2D eigenvalue weighted by Crippen LogP contribution is -2.50. The summed E-state index contributed by atoms with van der Waals surface area (Å²) in [5.41, 5.74) is 11.1. The van der Waals surface area contributed by atoms with E-state index >= 15 is 0 Å². The van der Waals surface area contributed by atoms with Gasteiger partial charge in [-0.1, -0.05) is 13.3 Å². The number of unbranched alkanes of at least 4 members (excludes halogenated alkanes) is 2. The molecule has 0 bridgehead atoms. The van der Waals surface area contributed by atoms with Crippen molar-refractivity contribution in [2.24, 2.45) is 5.73 Å². The number of nitrogens with zero attached hydrogens (tertiary/aromatic N) is 5. The SMILES string of the molecule is CCCN1c2ccc(C(N)=O)cc2NC1NC(=O)c1cc(C)nn1CCCCCc1c(C)nn(CC)c1C(=O)OCC. The summed E-state index contributed by atoms with van der Waals surface area (Å²) in [5, 5.41) is 15.5. The topological polar surface area (TPSA) is 149 Å². The van der Waals surface area contributed by atoms with Gasteiger partial charge in [0.1, 0.15) is 11.4 Å². The highest BCUT2D eigenvalue weighted by Gasteiger charge is 2.31. The number of fused-ring (bicyclic) bond motifs is 1. The largest absolute Gasteiger partial charge is 0.461 e. The third-order valence-electron chi connectivity index (χ3n) is 7.38. The van der Waals surface area contributed by atoms with Crippen LogP contribution in [0.4, 0.5) is 11.4 Å². The molecule has 4 N–H and O–H groups in total. The van der Waals surface area contributed by atoms with Crippen LogP contribution in [0.1, 0.15) is 94.7 Å². The molecular weight excluding hydrogens is 536 g/mol. The van der Waals surface area contributed by atoms with Gasteiger partial charge in [0.05, 0.1) is 29.4 Å². The van der Waals surface area contributed by atoms with Gasteiger partial charge in [0.25, 0.3) is 5.91 Å². The molecule has 3 aromatic rings. The molecule has 226 valence electrons. The van der Waals surface area contributed by atoms with Gasteiger partial charge in [0.2, 0.25) is 5.91 Å². The third-order valence-corrected chi connectivity index (χ3v) is 7.38. The Morgan fingerprint density at radius 1 is 1.02 bits per heavy atom. The molecular formula is C30H42N8O4. The van der Waals surface area contributed by atoms with E-state index in [1.807, 2.05) is 26.8 Å². The standard InChI is InChI=1S/C30H42N8O4/c1-6-15-36-24-14-13-21(27(31)39)18-23(24)32-30(36)33-28(40)25-17-19(4)34-38(25)16-11-9-10-12-22-20(5)35-37(7-2)26(22)29(41)42-8-3/h13-14,17-18,30,32H,6-12,15-16H2,1-5H3,(H2,31,39)(H,33,40). The van der Waals surface area contributed by atoms with Gasteiger partial charge in [-0.25, -0.2) is 4.79 Å². The number of aromatic nitrogens is 4. The number of amides is 2. The Morgan fingerprint density at radius 3 is 2.50 bits per heavy atom. The number of ether oxygens (including phenoxy) is 1. The number of benzene rings is 1. The molecule has 0 saturated heterocycles. The van der Waals surface area contributed by atoms with Crippen molar-refractivity contribution in [3.05, 3.63) is 58.2 Å². The van der Waals surface area contributed by atoms with Crippen molar-refractivity contribution < 1.29 is 19.1 Å². The lowest BCUT2D eigenvalue weighted by molar-refractivity contribution is 0.0510. The fraction of sp³-hybridized carbons (Fsp3) is 0.500. The van der Waals surface area contributed by atoms with E-state index in [2.05, 4.69) is 32.7 Å². The molecule has 1 atom stereocenters. The highest BCUT2D eigenvalue weighted by molar-refractivity contribution is 5.97. The van der Waals surface area contributed by atoms with E-state index in [9.17, 15) is 14.4 Å². The van der Waals surface area contributed by atoms with Gasteiger partial charge in [0.15, 0.2) is 6.29 Å². The first-order valence-corrected chi connectivity index (χ1v) is 14.7. The Bertz CT molecular complexity index is 1440. The number of carbonyl (C=O) groups excluding carboxylic acids is 3. The lowest BCUT2D eigenvalue weighted by Gasteiger charge is -2.27. The maximum absolute atomic E-state index is 13.4. The Labute approximate surface area is 246 Å². The predicted molar refractivity (Wildman–Crippen MR) is 161 cm³/mol. The Hall–Kier alpha value is -4.35. The zero-order chi connectivity index (χ0) is 30.4. The van der Waals surface area contributed by atoms with Crippen molar-refractivity contribution in [1.29, 1.82) is 0 Å². The van der Waals surface area contributed by atoms with E-state index in [1.165, 1.54) is 0 Å². The molecule has 4 rings (SSSR count). The minimum absolute atomic E-state index is 0.237. The first kappa shape index (κ1) is 30.6. The summed E-state index contributed by atoms with van der Waals surface area (Å²) in [5.74, 6) is -1.07. The second kappa shape index (κ2) is 13.5. The first-order chi connectivity index (χ1) is 20.2. The summed E-state index contributed by atoms with van der Waals surface area (Å²) in [7, 11) is 0. The zero-order valence-corrected chi connectivity index (χ0v) is 25.2. The van der Waals surface area contributed by atoms with Gasteiger partial charge >= 0.3 is 5.97 Å². The summed E-state index contributed by atoms with van der Waals surface area (Å²) < 4.78 is 8.75. The molecule has 0 radical (unpaired) electrons. The molecule has 0 spiro atoms. The van der Waals surface area contributed by atoms with Gasteiger partial charge in [0, 0.05) is 30.8 Å². The lowest BCUT2D eigenvalue weighted by atomic mass is 10.0. The van der Waals surface area contributed by atoms with Gasteiger partial charge in [-0.05, 0) is 77.6 Å². The van der Waals surface area contributed by atoms with Gasteiger partial charge in [-0.3, -0.25) is 19.0 Å². The number of hydrogen-bond acceptors (Lipinski definition) is 8. The number of nitrogens with one attached hydrogen (secondary N) is 2. The van der Waals surface area contributed by atoms with Crippen LogP contribution < -0.4 is 21.3 Å². The molecule has 12 nitrogen and oxygen atoms in total. The number of carbonyl (C=O) groups is 3. The molecule has 0 aliphatic carbocycles. The van der Waals surface area contributed by atoms with Crippen molar-refractivity contribution in [1.82, 2.24) is 24.9 Å². The third kappa shape index (κ3) is 6.58. The van der Waals surface area contributed by atoms with E-state index in [4.69, 9.17) is 10.5 Å². The Morgan fingerprint density at radius 2 is 1.81 bits per heavy atom. The molecule has 0 saturated carbocycles. The maximum Gasteiger partial charge on any atom is 0.356 e. The molecule has 2 aromatic heterocycles. The average Bonchev–Trinajstić information content (AvgIpc) is 3.60. The van der Waals surface area contributed by atoms with Gasteiger partial charge in [-0.2, -0.15) is 10.2 Å². The molecule has 42 heavy (non-hydrogen) atoms. The molecule has 1 aliphatic rings. The highest BCUT2D eigenvalue weighted by Crippen LogP contribution is 2.34. The summed E-state index contributed by atoms with van der Waals surface area (Å²) >= 11 is 0. The molecule has 1 aromatic carbocycles. The van der Waals surface area contributed by atoms with Gasteiger partial charge in [-0.15, -0.1) is 0 Å². The predicted octanol–water partition coefficient (Wildman–Crippen LogP) is 3.76.